The number of aromatic nitrogens is 4. The number of amides is 2. The van der Waals surface area contributed by atoms with Crippen LogP contribution in [0.4, 0.5) is 24.5 Å². The molecule has 0 bridgehead atoms. The van der Waals surface area contributed by atoms with Gasteiger partial charge in [0, 0.05) is 5.41 Å². The molecule has 0 spiro atoms. The first-order chi connectivity index (χ1) is 13.0. The van der Waals surface area contributed by atoms with Crippen LogP contribution in [0.25, 0.3) is 0 Å². The summed E-state index contributed by atoms with van der Waals surface area (Å²) in [5.41, 5.74) is -0.395. The average molecular weight is 396 g/mol. The van der Waals surface area contributed by atoms with Crippen molar-refractivity contribution in [3.63, 3.8) is 0 Å². The van der Waals surface area contributed by atoms with Crippen molar-refractivity contribution in [2.75, 3.05) is 10.2 Å². The number of hydrogen-bond acceptors (Lipinski definition) is 5. The molecule has 0 unspecified atom stereocenters. The van der Waals surface area contributed by atoms with Crippen LogP contribution in [0.15, 0.2) is 24.3 Å². The van der Waals surface area contributed by atoms with Gasteiger partial charge in [-0.05, 0) is 22.6 Å². The zero-order chi connectivity index (χ0) is 20.7. The Balaban J connectivity index is 2.04. The zero-order valence-corrected chi connectivity index (χ0v) is 15.5. The Kier molecular flexibility index (Phi) is 4.86. The molecule has 0 fully saturated rings. The highest BCUT2D eigenvalue weighted by molar-refractivity contribution is 6.04. The zero-order valence-electron chi connectivity index (χ0n) is 15.5. The number of para-hydroxylation sites is 2. The first kappa shape index (κ1) is 19.8. The number of halogens is 3. The van der Waals surface area contributed by atoms with E-state index in [9.17, 15) is 22.8 Å². The van der Waals surface area contributed by atoms with E-state index >= 15 is 0 Å². The monoisotopic (exact) mass is 396 g/mol. The van der Waals surface area contributed by atoms with Gasteiger partial charge in [-0.2, -0.15) is 13.2 Å². The fraction of sp³-hybridized carbons (Fsp3) is 0.471. The molecule has 2 aromatic rings. The summed E-state index contributed by atoms with van der Waals surface area (Å²) >= 11 is 0. The predicted octanol–water partition coefficient (Wildman–Crippen LogP) is 2.28. The summed E-state index contributed by atoms with van der Waals surface area (Å²) in [6, 6.07) is 3.58. The lowest BCUT2D eigenvalue weighted by molar-refractivity contribution is -0.158. The number of fused-ring (bicyclic) bond motifs is 1. The van der Waals surface area contributed by atoms with E-state index in [-0.39, 0.29) is 11.4 Å². The normalized spacial score (nSPS) is 17.7. The largest absolute Gasteiger partial charge is 0.409 e. The standard InChI is InChI=1S/C17H19F3N6O2/c1-16(2,3)15-22-23-24-25(15)9-14(28)26-11-7-5-4-6-10(11)21-13(27)8-12(26)17(18,19)20/h4-7,12H,8-9H2,1-3H3,(H,21,27)/t12-/m1/s1. The maximum absolute atomic E-state index is 13.7. The van der Waals surface area contributed by atoms with E-state index in [1.165, 1.54) is 22.9 Å². The minimum Gasteiger partial charge on any atom is -0.324 e. The molecule has 1 N–H and O–H groups in total. The number of nitrogens with one attached hydrogen (secondary N) is 1. The van der Waals surface area contributed by atoms with Crippen molar-refractivity contribution in [1.29, 1.82) is 0 Å². The number of benzene rings is 1. The van der Waals surface area contributed by atoms with Crippen LogP contribution in [0.5, 0.6) is 0 Å². The number of tetrazole rings is 1. The molecule has 0 aliphatic carbocycles. The summed E-state index contributed by atoms with van der Waals surface area (Å²) in [4.78, 5) is 25.6. The number of alkyl halides is 3. The van der Waals surface area contributed by atoms with Gasteiger partial charge in [-0.15, -0.1) is 5.10 Å². The lowest BCUT2D eigenvalue weighted by atomic mass is 9.96. The first-order valence-corrected chi connectivity index (χ1v) is 8.53. The Bertz CT molecular complexity index is 903. The Labute approximate surface area is 158 Å². The number of carbonyl (C=O) groups excluding carboxylic acids is 2. The van der Waals surface area contributed by atoms with E-state index < -0.39 is 42.4 Å². The van der Waals surface area contributed by atoms with Gasteiger partial charge in [-0.25, -0.2) is 4.68 Å². The summed E-state index contributed by atoms with van der Waals surface area (Å²) < 4.78 is 42.4. The SMILES string of the molecule is CC(C)(C)c1nnnn1CC(=O)N1c2ccccc2NC(=O)C[C@@H]1C(F)(F)F. The maximum Gasteiger partial charge on any atom is 0.409 e. The van der Waals surface area contributed by atoms with Crippen LogP contribution >= 0.6 is 0 Å². The third kappa shape index (κ3) is 3.82. The van der Waals surface area contributed by atoms with Gasteiger partial charge in [0.2, 0.25) is 11.8 Å². The molecule has 150 valence electrons. The van der Waals surface area contributed by atoms with Crippen molar-refractivity contribution in [2.24, 2.45) is 0 Å². The van der Waals surface area contributed by atoms with Crippen molar-refractivity contribution >= 4 is 23.2 Å². The molecule has 3 rings (SSSR count). The highest BCUT2D eigenvalue weighted by Crippen LogP contribution is 2.37. The van der Waals surface area contributed by atoms with Crippen LogP contribution in [0.1, 0.15) is 33.0 Å². The lowest BCUT2D eigenvalue weighted by Crippen LogP contribution is -2.50. The van der Waals surface area contributed by atoms with Gasteiger partial charge >= 0.3 is 6.18 Å². The van der Waals surface area contributed by atoms with E-state index in [1.54, 1.807) is 6.07 Å². The van der Waals surface area contributed by atoms with E-state index in [0.29, 0.717) is 10.7 Å². The topological polar surface area (TPSA) is 93.0 Å². The number of rotatable bonds is 2. The van der Waals surface area contributed by atoms with Crippen LogP contribution < -0.4 is 10.2 Å². The second-order valence-electron chi connectivity index (χ2n) is 7.50. The van der Waals surface area contributed by atoms with E-state index in [0.717, 1.165) is 0 Å². The summed E-state index contributed by atoms with van der Waals surface area (Å²) in [6.07, 6.45) is -5.69. The average Bonchev–Trinajstić information content (AvgIpc) is 2.96. The molecule has 2 heterocycles. The molecule has 2 amide bonds. The fourth-order valence-electron chi connectivity index (χ4n) is 3.05. The van der Waals surface area contributed by atoms with Gasteiger partial charge < -0.3 is 5.32 Å². The molecule has 1 aromatic heterocycles. The van der Waals surface area contributed by atoms with Gasteiger partial charge in [0.15, 0.2) is 5.82 Å². The van der Waals surface area contributed by atoms with E-state index in [1.807, 2.05) is 20.8 Å². The summed E-state index contributed by atoms with van der Waals surface area (Å²) in [5, 5.41) is 13.6. The summed E-state index contributed by atoms with van der Waals surface area (Å²) in [6.45, 7) is 4.97. The van der Waals surface area contributed by atoms with Crippen LogP contribution in [0.3, 0.4) is 0 Å². The Hall–Kier alpha value is -2.98. The van der Waals surface area contributed by atoms with Crippen LogP contribution in [0.2, 0.25) is 0 Å². The molecular weight excluding hydrogens is 377 g/mol. The number of carbonyl (C=O) groups is 2. The van der Waals surface area contributed by atoms with Crippen LogP contribution in [0, 0.1) is 0 Å². The van der Waals surface area contributed by atoms with Gasteiger partial charge in [0.25, 0.3) is 0 Å². The van der Waals surface area contributed by atoms with Crippen molar-refractivity contribution in [3.05, 3.63) is 30.1 Å². The maximum atomic E-state index is 13.7. The molecule has 1 atom stereocenters. The quantitative estimate of drug-likeness (QED) is 0.841. The molecule has 0 radical (unpaired) electrons. The Morgan fingerprint density at radius 1 is 1.25 bits per heavy atom. The molecule has 0 saturated carbocycles. The molecule has 8 nitrogen and oxygen atoms in total. The number of nitrogens with zero attached hydrogens (tertiary/aromatic N) is 5. The smallest absolute Gasteiger partial charge is 0.324 e. The van der Waals surface area contributed by atoms with Crippen LogP contribution in [-0.2, 0) is 21.5 Å². The third-order valence-electron chi connectivity index (χ3n) is 4.26. The minimum atomic E-state index is -4.79. The lowest BCUT2D eigenvalue weighted by Gasteiger charge is -2.31. The highest BCUT2D eigenvalue weighted by Gasteiger charge is 2.49. The van der Waals surface area contributed by atoms with Gasteiger partial charge in [-0.1, -0.05) is 32.9 Å². The first-order valence-electron chi connectivity index (χ1n) is 8.53. The minimum absolute atomic E-state index is 0.0222. The van der Waals surface area contributed by atoms with Crippen molar-refractivity contribution < 1.29 is 22.8 Å². The number of hydrogen-bond donors (Lipinski definition) is 1. The third-order valence-corrected chi connectivity index (χ3v) is 4.26. The summed E-state index contributed by atoms with van der Waals surface area (Å²) in [7, 11) is 0. The van der Waals surface area contributed by atoms with Crippen molar-refractivity contribution in [3.8, 4) is 0 Å². The van der Waals surface area contributed by atoms with E-state index in [2.05, 4.69) is 20.8 Å². The van der Waals surface area contributed by atoms with Gasteiger partial charge in [-0.3, -0.25) is 14.5 Å². The van der Waals surface area contributed by atoms with Crippen LogP contribution in [-0.4, -0.2) is 44.2 Å². The van der Waals surface area contributed by atoms with Gasteiger partial charge in [0.05, 0.1) is 17.8 Å². The van der Waals surface area contributed by atoms with Crippen molar-refractivity contribution in [1.82, 2.24) is 20.2 Å². The molecule has 11 heteroatoms. The Morgan fingerprint density at radius 3 is 2.57 bits per heavy atom. The molecule has 28 heavy (non-hydrogen) atoms. The second-order valence-corrected chi connectivity index (χ2v) is 7.50. The van der Waals surface area contributed by atoms with E-state index in [4.69, 9.17) is 0 Å². The molecular formula is C17H19F3N6O2. The molecule has 1 aliphatic rings. The summed E-state index contributed by atoms with van der Waals surface area (Å²) in [5.74, 6) is -1.33. The number of anilines is 2. The molecule has 1 aliphatic heterocycles. The predicted molar refractivity (Wildman–Crippen MR) is 93.5 cm³/mol. The van der Waals surface area contributed by atoms with Gasteiger partial charge in [0.1, 0.15) is 12.6 Å². The second kappa shape index (κ2) is 6.88. The highest BCUT2D eigenvalue weighted by atomic mass is 19.4. The molecule has 1 aromatic carbocycles. The molecule has 0 saturated heterocycles. The fourth-order valence-corrected chi connectivity index (χ4v) is 3.05. The van der Waals surface area contributed by atoms with Crippen molar-refractivity contribution in [2.45, 2.75) is 51.4 Å². The Morgan fingerprint density at radius 2 is 1.93 bits per heavy atom.